The highest BCUT2D eigenvalue weighted by atomic mass is 35.5. The molecule has 1 amide bonds. The molecule has 50 valence electrons. The van der Waals surface area contributed by atoms with Crippen molar-refractivity contribution in [3.8, 4) is 0 Å². The molecule has 0 saturated carbocycles. The van der Waals surface area contributed by atoms with E-state index in [0.29, 0.717) is 5.88 Å². The summed E-state index contributed by atoms with van der Waals surface area (Å²) in [5, 5.41) is 14.9. The molecule has 0 saturated heterocycles. The molecule has 0 spiro atoms. The second-order valence-corrected chi connectivity index (χ2v) is 1.13. The van der Waals surface area contributed by atoms with Crippen LogP contribution in [0.1, 0.15) is 0 Å². The Bertz CT molecular complexity index is 52.5. The van der Waals surface area contributed by atoms with Crippen LogP contribution in [0.4, 0.5) is 4.79 Å². The number of primary amides is 1. The van der Waals surface area contributed by atoms with E-state index in [1.54, 1.807) is 0 Å². The van der Waals surface area contributed by atoms with E-state index < -0.39 is 6.09 Å². The second kappa shape index (κ2) is 9.72. The van der Waals surface area contributed by atoms with Crippen molar-refractivity contribution in [2.45, 2.75) is 0 Å². The Kier molecular flexibility index (Phi) is 12.8. The highest BCUT2D eigenvalue weighted by Gasteiger charge is 1.65. The van der Waals surface area contributed by atoms with Gasteiger partial charge in [-0.15, -0.1) is 11.6 Å². The van der Waals surface area contributed by atoms with E-state index in [9.17, 15) is 0 Å². The van der Waals surface area contributed by atoms with Gasteiger partial charge in [-0.25, -0.2) is 4.79 Å². The maximum absolute atomic E-state index is 8.78. The normalized spacial score (nSPS) is 6.75. The zero-order valence-corrected chi connectivity index (χ0v) is 4.93. The Morgan fingerprint density at radius 2 is 1.88 bits per heavy atom. The zero-order chi connectivity index (χ0) is 6.99. The molecule has 0 aromatic rings. The van der Waals surface area contributed by atoms with Crippen molar-refractivity contribution in [3.05, 3.63) is 0 Å². The molecule has 4 N–H and O–H groups in total. The number of alkyl halides is 1. The number of nitrogens with two attached hydrogens (primary N) is 1. The third-order valence-corrected chi connectivity index (χ3v) is 0.254. The number of hydrogen-bond donors (Lipinski definition) is 3. The second-order valence-electron chi connectivity index (χ2n) is 0.751. The minimum atomic E-state index is -1.33. The molecule has 0 rings (SSSR count). The Morgan fingerprint density at radius 1 is 1.75 bits per heavy atom. The molecule has 0 heterocycles. The molecule has 5 heteroatoms. The predicted molar refractivity (Wildman–Crippen MR) is 30.0 cm³/mol. The van der Waals surface area contributed by atoms with Crippen LogP contribution in [0.15, 0.2) is 0 Å². The number of hydrogen-bond acceptors (Lipinski definition) is 2. The van der Waals surface area contributed by atoms with Crippen molar-refractivity contribution >= 4 is 17.7 Å². The number of halogens is 1. The summed E-state index contributed by atoms with van der Waals surface area (Å²) >= 11 is 4.94. The third kappa shape index (κ3) is 417. The molecule has 0 fully saturated rings. The standard InChI is InChI=1S/C2H5ClO.CH3NO2/c3-1-2-4;2-1(3)4/h4H,1-2H2;2H2,(H,3,4). The first-order valence-corrected chi connectivity index (χ1v) is 2.33. The van der Waals surface area contributed by atoms with Gasteiger partial charge in [-0.1, -0.05) is 0 Å². The van der Waals surface area contributed by atoms with Gasteiger partial charge in [-0.2, -0.15) is 0 Å². The van der Waals surface area contributed by atoms with E-state index >= 15 is 0 Å². The molecular formula is C3H8ClNO3. The quantitative estimate of drug-likeness (QED) is 0.444. The van der Waals surface area contributed by atoms with E-state index in [-0.39, 0.29) is 6.61 Å². The van der Waals surface area contributed by atoms with Gasteiger partial charge in [-0.3, -0.25) is 0 Å². The average molecular weight is 142 g/mol. The fraction of sp³-hybridized carbons (Fsp3) is 0.667. The Morgan fingerprint density at radius 3 is 1.88 bits per heavy atom. The largest absolute Gasteiger partial charge is 0.465 e. The van der Waals surface area contributed by atoms with E-state index in [4.69, 9.17) is 26.6 Å². The molecule has 0 aromatic heterocycles. The highest BCUT2D eigenvalue weighted by Crippen LogP contribution is 1.63. The highest BCUT2D eigenvalue weighted by molar-refractivity contribution is 6.17. The van der Waals surface area contributed by atoms with Crippen LogP contribution >= 0.6 is 11.6 Å². The van der Waals surface area contributed by atoms with Gasteiger partial charge in [0, 0.05) is 5.88 Å². The van der Waals surface area contributed by atoms with Crippen LogP contribution in [0, 0.1) is 0 Å². The Balaban J connectivity index is 0. The van der Waals surface area contributed by atoms with Gasteiger partial charge < -0.3 is 15.9 Å². The van der Waals surface area contributed by atoms with Crippen LogP contribution in [0.25, 0.3) is 0 Å². The molecule has 0 bridgehead atoms. The van der Waals surface area contributed by atoms with Gasteiger partial charge in [0.2, 0.25) is 0 Å². The average Bonchev–Trinajstić information content (AvgIpc) is 1.65. The van der Waals surface area contributed by atoms with Gasteiger partial charge in [-0.05, 0) is 0 Å². The van der Waals surface area contributed by atoms with Gasteiger partial charge in [0.15, 0.2) is 0 Å². The Hall–Kier alpha value is -0.480. The number of aliphatic hydroxyl groups excluding tert-OH is 1. The number of carbonyl (C=O) groups is 1. The van der Waals surface area contributed by atoms with Crippen molar-refractivity contribution in [2.75, 3.05) is 12.5 Å². The fourth-order valence-electron chi connectivity index (χ4n) is 0. The van der Waals surface area contributed by atoms with E-state index in [2.05, 4.69) is 5.73 Å². The molecule has 0 radical (unpaired) electrons. The number of rotatable bonds is 1. The van der Waals surface area contributed by atoms with E-state index in [1.165, 1.54) is 0 Å². The molecule has 0 unspecified atom stereocenters. The molecular weight excluding hydrogens is 133 g/mol. The minimum Gasteiger partial charge on any atom is -0.465 e. The summed E-state index contributed by atoms with van der Waals surface area (Å²) in [6.07, 6.45) is -1.33. The summed E-state index contributed by atoms with van der Waals surface area (Å²) in [7, 11) is 0. The van der Waals surface area contributed by atoms with Crippen LogP contribution in [0.3, 0.4) is 0 Å². The number of aliphatic hydroxyl groups is 1. The van der Waals surface area contributed by atoms with Crippen molar-refractivity contribution in [1.82, 2.24) is 0 Å². The van der Waals surface area contributed by atoms with Crippen LogP contribution in [0.2, 0.25) is 0 Å². The topological polar surface area (TPSA) is 83.6 Å². The summed E-state index contributed by atoms with van der Waals surface area (Å²) < 4.78 is 0. The fourth-order valence-corrected chi connectivity index (χ4v) is 0. The lowest BCUT2D eigenvalue weighted by Gasteiger charge is -1.67. The molecule has 0 aromatic carbocycles. The lowest BCUT2D eigenvalue weighted by atomic mass is 10.9. The smallest absolute Gasteiger partial charge is 0.402 e. The van der Waals surface area contributed by atoms with Gasteiger partial charge in [0.1, 0.15) is 0 Å². The molecule has 0 aliphatic rings. The summed E-state index contributed by atoms with van der Waals surface area (Å²) in [6, 6.07) is 0. The van der Waals surface area contributed by atoms with Crippen molar-refractivity contribution in [3.63, 3.8) is 0 Å². The van der Waals surface area contributed by atoms with Crippen molar-refractivity contribution < 1.29 is 15.0 Å². The first kappa shape index (κ1) is 10.5. The maximum Gasteiger partial charge on any atom is 0.402 e. The number of amides is 1. The molecule has 4 nitrogen and oxygen atoms in total. The lowest BCUT2D eigenvalue weighted by Crippen LogP contribution is -2.03. The third-order valence-electron chi connectivity index (χ3n) is 0.0845. The van der Waals surface area contributed by atoms with Crippen molar-refractivity contribution in [1.29, 1.82) is 0 Å². The number of carboxylic acid groups (broad SMARTS) is 1. The lowest BCUT2D eigenvalue weighted by molar-refractivity contribution is 0.205. The summed E-state index contributed by atoms with van der Waals surface area (Å²) in [6.45, 7) is 0.0849. The van der Waals surface area contributed by atoms with Gasteiger partial charge >= 0.3 is 6.09 Å². The van der Waals surface area contributed by atoms with Crippen LogP contribution < -0.4 is 5.73 Å². The summed E-state index contributed by atoms with van der Waals surface area (Å²) in [5.74, 6) is 0.347. The van der Waals surface area contributed by atoms with Crippen LogP contribution in [-0.4, -0.2) is 28.8 Å². The molecule has 0 aliphatic heterocycles. The monoisotopic (exact) mass is 141 g/mol. The van der Waals surface area contributed by atoms with E-state index in [1.807, 2.05) is 0 Å². The first-order chi connectivity index (χ1) is 3.65. The van der Waals surface area contributed by atoms with E-state index in [0.717, 1.165) is 0 Å². The Labute approximate surface area is 51.9 Å². The SMILES string of the molecule is NC(=O)O.OCCCl. The van der Waals surface area contributed by atoms with Gasteiger partial charge in [0.25, 0.3) is 0 Å². The first-order valence-electron chi connectivity index (χ1n) is 1.80. The molecule has 8 heavy (non-hydrogen) atoms. The summed E-state index contributed by atoms with van der Waals surface area (Å²) in [4.78, 5) is 8.78. The predicted octanol–water partition coefficient (Wildman–Crippen LogP) is -0.159. The molecule has 0 atom stereocenters. The minimum absolute atomic E-state index is 0.0849. The molecule has 0 aliphatic carbocycles. The van der Waals surface area contributed by atoms with Crippen molar-refractivity contribution in [2.24, 2.45) is 5.73 Å². The maximum atomic E-state index is 8.78. The van der Waals surface area contributed by atoms with Crippen LogP contribution in [0.5, 0.6) is 0 Å². The summed E-state index contributed by atoms with van der Waals surface area (Å²) in [5.41, 5.74) is 4.03. The van der Waals surface area contributed by atoms with Crippen LogP contribution in [-0.2, 0) is 0 Å². The van der Waals surface area contributed by atoms with Gasteiger partial charge in [0.05, 0.1) is 6.61 Å². The zero-order valence-electron chi connectivity index (χ0n) is 4.17.